The average molecular weight is 261 g/mol. The molecule has 0 radical (unpaired) electrons. The summed E-state index contributed by atoms with van der Waals surface area (Å²) in [6.45, 7) is 2.32. The Kier molecular flexibility index (Phi) is 4.13. The molecule has 1 heterocycles. The minimum atomic E-state index is -0.297. The molecule has 1 aromatic heterocycles. The van der Waals surface area contributed by atoms with E-state index in [2.05, 4.69) is 10.1 Å². The Balaban J connectivity index is 2.08. The second-order valence-corrected chi connectivity index (χ2v) is 4.58. The molecule has 19 heavy (non-hydrogen) atoms. The molecule has 0 amide bonds. The maximum absolute atomic E-state index is 5.96. The first kappa shape index (κ1) is 13.5. The van der Waals surface area contributed by atoms with Gasteiger partial charge in [-0.1, -0.05) is 12.1 Å². The van der Waals surface area contributed by atoms with Crippen molar-refractivity contribution < 1.29 is 4.74 Å². The number of aromatic nitrogens is 3. The number of rotatable bonds is 5. The van der Waals surface area contributed by atoms with Gasteiger partial charge >= 0.3 is 0 Å². The van der Waals surface area contributed by atoms with E-state index < -0.39 is 0 Å². The van der Waals surface area contributed by atoms with E-state index in [4.69, 9.17) is 16.2 Å². The van der Waals surface area contributed by atoms with Crippen molar-refractivity contribution in [1.82, 2.24) is 14.8 Å². The Morgan fingerprint density at radius 2 is 2.21 bits per heavy atom. The summed E-state index contributed by atoms with van der Waals surface area (Å²) in [4.78, 5) is 4.19. The van der Waals surface area contributed by atoms with Gasteiger partial charge < -0.3 is 16.2 Å². The molecule has 0 saturated heterocycles. The molecule has 0 aliphatic carbocycles. The SMILES string of the molecule is C[C@@H](N)C(OCc1cccc(N)c1)c1ncnn1C. The highest BCUT2D eigenvalue weighted by atomic mass is 16.5. The molecule has 0 aliphatic heterocycles. The fraction of sp³-hybridized carbons (Fsp3) is 0.385. The van der Waals surface area contributed by atoms with Gasteiger partial charge in [-0.15, -0.1) is 0 Å². The van der Waals surface area contributed by atoms with Crippen molar-refractivity contribution in [3.63, 3.8) is 0 Å². The van der Waals surface area contributed by atoms with Crippen LogP contribution in [0.5, 0.6) is 0 Å². The second-order valence-electron chi connectivity index (χ2n) is 4.58. The number of nitrogen functional groups attached to an aromatic ring is 1. The summed E-state index contributed by atoms with van der Waals surface area (Å²) in [5.41, 5.74) is 13.4. The van der Waals surface area contributed by atoms with Crippen LogP contribution in [0.25, 0.3) is 0 Å². The fourth-order valence-corrected chi connectivity index (χ4v) is 1.89. The molecule has 2 aromatic rings. The van der Waals surface area contributed by atoms with Crippen LogP contribution in [0.1, 0.15) is 24.4 Å². The predicted octanol–water partition coefficient (Wildman–Crippen LogP) is 1.00. The molecule has 2 rings (SSSR count). The number of aryl methyl sites for hydroxylation is 1. The highest BCUT2D eigenvalue weighted by Crippen LogP contribution is 2.20. The van der Waals surface area contributed by atoms with Gasteiger partial charge in [0, 0.05) is 18.8 Å². The van der Waals surface area contributed by atoms with E-state index in [0.717, 1.165) is 17.1 Å². The summed E-state index contributed by atoms with van der Waals surface area (Å²) in [5.74, 6) is 0.721. The Morgan fingerprint density at radius 3 is 2.79 bits per heavy atom. The van der Waals surface area contributed by atoms with Gasteiger partial charge in [0.05, 0.1) is 6.61 Å². The van der Waals surface area contributed by atoms with E-state index in [0.29, 0.717) is 6.61 Å². The highest BCUT2D eigenvalue weighted by molar-refractivity contribution is 5.40. The van der Waals surface area contributed by atoms with Crippen molar-refractivity contribution in [2.24, 2.45) is 12.8 Å². The van der Waals surface area contributed by atoms with Crippen LogP contribution in [-0.4, -0.2) is 20.8 Å². The van der Waals surface area contributed by atoms with Crippen LogP contribution >= 0.6 is 0 Å². The van der Waals surface area contributed by atoms with E-state index in [1.165, 1.54) is 6.33 Å². The van der Waals surface area contributed by atoms with E-state index in [1.54, 1.807) is 4.68 Å². The number of ether oxygens (including phenoxy) is 1. The van der Waals surface area contributed by atoms with Crippen LogP contribution in [0.4, 0.5) is 5.69 Å². The molecule has 0 saturated carbocycles. The Labute approximate surface area is 112 Å². The number of benzene rings is 1. The van der Waals surface area contributed by atoms with Gasteiger partial charge in [0.1, 0.15) is 12.4 Å². The lowest BCUT2D eigenvalue weighted by Crippen LogP contribution is -2.29. The van der Waals surface area contributed by atoms with Gasteiger partial charge in [-0.2, -0.15) is 5.10 Å². The summed E-state index contributed by atoms with van der Waals surface area (Å²) in [6, 6.07) is 7.41. The molecule has 1 aromatic carbocycles. The van der Waals surface area contributed by atoms with Crippen molar-refractivity contribution in [2.45, 2.75) is 25.7 Å². The molecule has 6 nitrogen and oxygen atoms in total. The van der Waals surface area contributed by atoms with Crippen LogP contribution in [0.2, 0.25) is 0 Å². The van der Waals surface area contributed by atoms with Gasteiger partial charge in [-0.25, -0.2) is 4.98 Å². The predicted molar refractivity (Wildman–Crippen MR) is 73.0 cm³/mol. The molecule has 2 atom stereocenters. The molecule has 0 spiro atoms. The van der Waals surface area contributed by atoms with Crippen molar-refractivity contribution in [2.75, 3.05) is 5.73 Å². The summed E-state index contributed by atoms with van der Waals surface area (Å²) < 4.78 is 7.54. The normalized spacial score (nSPS) is 14.3. The first-order chi connectivity index (χ1) is 9.08. The molecule has 0 fully saturated rings. The molecule has 0 aliphatic rings. The lowest BCUT2D eigenvalue weighted by atomic mass is 10.1. The lowest BCUT2D eigenvalue weighted by Gasteiger charge is -2.20. The highest BCUT2D eigenvalue weighted by Gasteiger charge is 2.21. The molecule has 6 heteroatoms. The maximum atomic E-state index is 5.96. The topological polar surface area (TPSA) is 92.0 Å². The molecular weight excluding hydrogens is 242 g/mol. The van der Waals surface area contributed by atoms with Crippen molar-refractivity contribution in [1.29, 1.82) is 0 Å². The van der Waals surface area contributed by atoms with Crippen LogP contribution in [-0.2, 0) is 18.4 Å². The number of hydrogen-bond donors (Lipinski definition) is 2. The largest absolute Gasteiger partial charge is 0.399 e. The summed E-state index contributed by atoms with van der Waals surface area (Å²) in [7, 11) is 1.82. The van der Waals surface area contributed by atoms with E-state index in [9.17, 15) is 0 Å². The molecule has 4 N–H and O–H groups in total. The zero-order chi connectivity index (χ0) is 13.8. The number of anilines is 1. The summed E-state index contributed by atoms with van der Waals surface area (Å²) >= 11 is 0. The third kappa shape index (κ3) is 3.30. The number of hydrogen-bond acceptors (Lipinski definition) is 5. The van der Waals surface area contributed by atoms with Gasteiger partial charge in [0.25, 0.3) is 0 Å². The summed E-state index contributed by atoms with van der Waals surface area (Å²) in [6.07, 6.45) is 1.20. The van der Waals surface area contributed by atoms with Gasteiger partial charge in [-0.3, -0.25) is 4.68 Å². The Hall–Kier alpha value is -1.92. The standard InChI is InChI=1S/C13H19N5O/c1-9(14)12(13-16-8-17-18(13)2)19-7-10-4-3-5-11(15)6-10/h3-6,8-9,12H,7,14-15H2,1-2H3/t9-,12?/m1/s1. The van der Waals surface area contributed by atoms with Gasteiger partial charge in [-0.05, 0) is 24.6 Å². The lowest BCUT2D eigenvalue weighted by molar-refractivity contribution is 0.0178. The van der Waals surface area contributed by atoms with Crippen molar-refractivity contribution in [3.8, 4) is 0 Å². The Bertz CT molecular complexity index is 537. The minimum Gasteiger partial charge on any atom is -0.399 e. The van der Waals surface area contributed by atoms with Gasteiger partial charge in [0.2, 0.25) is 0 Å². The first-order valence-corrected chi connectivity index (χ1v) is 6.13. The average Bonchev–Trinajstić information content (AvgIpc) is 2.76. The zero-order valence-electron chi connectivity index (χ0n) is 11.2. The third-order valence-corrected chi connectivity index (χ3v) is 2.86. The van der Waals surface area contributed by atoms with Crippen LogP contribution in [0, 0.1) is 0 Å². The molecule has 102 valence electrons. The second kappa shape index (κ2) is 5.81. The number of nitrogens with zero attached hydrogens (tertiary/aromatic N) is 3. The third-order valence-electron chi connectivity index (χ3n) is 2.86. The molecule has 1 unspecified atom stereocenters. The van der Waals surface area contributed by atoms with Crippen LogP contribution in [0.15, 0.2) is 30.6 Å². The van der Waals surface area contributed by atoms with Gasteiger partial charge in [0.15, 0.2) is 5.82 Å². The van der Waals surface area contributed by atoms with Crippen LogP contribution < -0.4 is 11.5 Å². The fourth-order valence-electron chi connectivity index (χ4n) is 1.89. The first-order valence-electron chi connectivity index (χ1n) is 6.13. The molecule has 0 bridgehead atoms. The minimum absolute atomic E-state index is 0.177. The van der Waals surface area contributed by atoms with E-state index in [-0.39, 0.29) is 12.1 Å². The smallest absolute Gasteiger partial charge is 0.157 e. The van der Waals surface area contributed by atoms with Crippen LogP contribution in [0.3, 0.4) is 0 Å². The molecular formula is C13H19N5O. The maximum Gasteiger partial charge on any atom is 0.157 e. The van der Waals surface area contributed by atoms with E-state index >= 15 is 0 Å². The zero-order valence-corrected chi connectivity index (χ0v) is 11.2. The van der Waals surface area contributed by atoms with Crippen molar-refractivity contribution >= 4 is 5.69 Å². The monoisotopic (exact) mass is 261 g/mol. The quantitative estimate of drug-likeness (QED) is 0.783. The number of nitrogens with two attached hydrogens (primary N) is 2. The Morgan fingerprint density at radius 1 is 1.42 bits per heavy atom. The van der Waals surface area contributed by atoms with Crippen molar-refractivity contribution in [3.05, 3.63) is 42.0 Å². The summed E-state index contributed by atoms with van der Waals surface area (Å²) in [5, 5.41) is 4.04. The van der Waals surface area contributed by atoms with E-state index in [1.807, 2.05) is 38.2 Å².